The summed E-state index contributed by atoms with van der Waals surface area (Å²) >= 11 is 0. The van der Waals surface area contributed by atoms with Crippen molar-refractivity contribution in [2.24, 2.45) is 5.92 Å². The van der Waals surface area contributed by atoms with E-state index in [0.29, 0.717) is 6.04 Å². The minimum atomic E-state index is -0.333. The van der Waals surface area contributed by atoms with E-state index < -0.39 is 0 Å². The number of nitro benzene ring substituents is 1. The number of hydrogen-bond donors (Lipinski definition) is 1. The summed E-state index contributed by atoms with van der Waals surface area (Å²) in [5, 5.41) is 14.1. The van der Waals surface area contributed by atoms with Gasteiger partial charge in [-0.3, -0.25) is 15.0 Å². The molecule has 2 fully saturated rings. The lowest BCUT2D eigenvalue weighted by atomic mass is 9.99. The number of piperazine rings is 1. The van der Waals surface area contributed by atoms with E-state index in [9.17, 15) is 10.1 Å². The molecule has 1 N–H and O–H groups in total. The van der Waals surface area contributed by atoms with Crippen LogP contribution in [-0.2, 0) is 0 Å². The molecular weight excluding hydrogens is 313 g/mol. The molecule has 1 aliphatic carbocycles. The summed E-state index contributed by atoms with van der Waals surface area (Å²) < 4.78 is 0. The average molecular weight is 334 g/mol. The van der Waals surface area contributed by atoms with E-state index in [0.717, 1.165) is 32.1 Å². The van der Waals surface area contributed by atoms with E-state index >= 15 is 0 Å². The van der Waals surface area contributed by atoms with Crippen LogP contribution < -0.4 is 5.32 Å². The molecule has 0 amide bonds. The standard InChI is InChI=1S/C14H19N3O2.2ClH/c18-17(19)13-5-3-12(4-6-13)14(11-1-2-11)16-9-7-15-8-10-16;;/h3-6,11,14-15H,1-2,7-10H2;2*1H/t14-;;/m1../s1. The number of halogens is 2. The van der Waals surface area contributed by atoms with Crippen molar-refractivity contribution >= 4 is 30.5 Å². The minimum absolute atomic E-state index is 0. The maximum absolute atomic E-state index is 10.7. The zero-order chi connectivity index (χ0) is 13.2. The van der Waals surface area contributed by atoms with Crippen molar-refractivity contribution < 1.29 is 4.92 Å². The second kappa shape index (κ2) is 7.94. The van der Waals surface area contributed by atoms with Gasteiger partial charge in [0.2, 0.25) is 0 Å². The van der Waals surface area contributed by atoms with E-state index in [1.807, 2.05) is 12.1 Å². The van der Waals surface area contributed by atoms with E-state index in [2.05, 4.69) is 10.2 Å². The summed E-state index contributed by atoms with van der Waals surface area (Å²) in [6.45, 7) is 4.21. The van der Waals surface area contributed by atoms with Crippen molar-refractivity contribution in [1.29, 1.82) is 0 Å². The fourth-order valence-corrected chi connectivity index (χ4v) is 2.95. The normalized spacial score (nSPS) is 20.0. The molecule has 1 saturated carbocycles. The van der Waals surface area contributed by atoms with Crippen molar-refractivity contribution in [2.75, 3.05) is 26.2 Å². The second-order valence-electron chi connectivity index (χ2n) is 5.42. The van der Waals surface area contributed by atoms with E-state index in [4.69, 9.17) is 0 Å². The lowest BCUT2D eigenvalue weighted by Gasteiger charge is -2.35. The van der Waals surface area contributed by atoms with Crippen molar-refractivity contribution in [1.82, 2.24) is 10.2 Å². The van der Waals surface area contributed by atoms with Crippen molar-refractivity contribution in [3.05, 3.63) is 39.9 Å². The molecule has 5 nitrogen and oxygen atoms in total. The van der Waals surface area contributed by atoms with Gasteiger partial charge in [0.1, 0.15) is 0 Å². The predicted octanol–water partition coefficient (Wildman–Crippen LogP) is 2.79. The van der Waals surface area contributed by atoms with Crippen LogP contribution in [0.15, 0.2) is 24.3 Å². The molecule has 1 atom stereocenters. The van der Waals surface area contributed by atoms with Crippen LogP contribution in [0, 0.1) is 16.0 Å². The quantitative estimate of drug-likeness (QED) is 0.679. The Kier molecular flexibility index (Phi) is 6.87. The smallest absolute Gasteiger partial charge is 0.269 e. The monoisotopic (exact) mass is 333 g/mol. The first kappa shape index (κ1) is 18.2. The molecule has 21 heavy (non-hydrogen) atoms. The van der Waals surface area contributed by atoms with Crippen LogP contribution in [0.2, 0.25) is 0 Å². The number of non-ortho nitro benzene ring substituents is 1. The molecule has 118 valence electrons. The third-order valence-electron chi connectivity index (χ3n) is 4.06. The maximum Gasteiger partial charge on any atom is 0.269 e. The van der Waals surface area contributed by atoms with E-state index in [1.165, 1.54) is 18.4 Å². The van der Waals surface area contributed by atoms with Gasteiger partial charge in [0.05, 0.1) is 4.92 Å². The Morgan fingerprint density at radius 2 is 1.71 bits per heavy atom. The molecule has 0 radical (unpaired) electrons. The molecule has 0 spiro atoms. The number of benzene rings is 1. The fraction of sp³-hybridized carbons (Fsp3) is 0.571. The Morgan fingerprint density at radius 1 is 1.14 bits per heavy atom. The number of rotatable bonds is 4. The van der Waals surface area contributed by atoms with Crippen molar-refractivity contribution in [3.63, 3.8) is 0 Å². The summed E-state index contributed by atoms with van der Waals surface area (Å²) in [7, 11) is 0. The van der Waals surface area contributed by atoms with Crippen LogP contribution in [0.5, 0.6) is 0 Å². The lowest BCUT2D eigenvalue weighted by Crippen LogP contribution is -2.45. The van der Waals surface area contributed by atoms with Crippen LogP contribution in [-0.4, -0.2) is 36.0 Å². The summed E-state index contributed by atoms with van der Waals surface area (Å²) in [6, 6.07) is 7.58. The Bertz CT molecular complexity index is 460. The largest absolute Gasteiger partial charge is 0.314 e. The minimum Gasteiger partial charge on any atom is -0.314 e. The molecule has 1 aromatic carbocycles. The molecule has 1 aliphatic heterocycles. The lowest BCUT2D eigenvalue weighted by molar-refractivity contribution is -0.384. The van der Waals surface area contributed by atoms with Gasteiger partial charge in [-0.05, 0) is 24.3 Å². The summed E-state index contributed by atoms with van der Waals surface area (Å²) in [6.07, 6.45) is 2.57. The number of nitrogens with one attached hydrogen (secondary N) is 1. The van der Waals surface area contributed by atoms with Gasteiger partial charge in [0.15, 0.2) is 0 Å². The molecule has 1 heterocycles. The number of nitro groups is 1. The molecule has 0 unspecified atom stereocenters. The Morgan fingerprint density at radius 3 is 2.19 bits per heavy atom. The zero-order valence-corrected chi connectivity index (χ0v) is 13.4. The maximum atomic E-state index is 10.7. The fourth-order valence-electron chi connectivity index (χ4n) is 2.95. The van der Waals surface area contributed by atoms with E-state index in [-0.39, 0.29) is 35.4 Å². The van der Waals surface area contributed by atoms with Gasteiger partial charge in [-0.15, -0.1) is 24.8 Å². The van der Waals surface area contributed by atoms with Crippen LogP contribution in [0.25, 0.3) is 0 Å². The highest BCUT2D eigenvalue weighted by atomic mass is 35.5. The third-order valence-corrected chi connectivity index (χ3v) is 4.06. The SMILES string of the molecule is Cl.Cl.O=[N+]([O-])c1ccc([C@@H](C2CC2)N2CCNCC2)cc1. The number of nitrogens with zero attached hydrogens (tertiary/aromatic N) is 2. The van der Waals surface area contributed by atoms with Crippen molar-refractivity contribution in [2.45, 2.75) is 18.9 Å². The van der Waals surface area contributed by atoms with E-state index in [1.54, 1.807) is 12.1 Å². The Balaban J connectivity index is 0.00000110. The number of hydrogen-bond acceptors (Lipinski definition) is 4. The molecule has 1 aromatic rings. The first-order valence-corrected chi connectivity index (χ1v) is 6.95. The molecular formula is C14H21Cl2N3O2. The summed E-state index contributed by atoms with van der Waals surface area (Å²) in [4.78, 5) is 12.9. The highest BCUT2D eigenvalue weighted by Crippen LogP contribution is 2.44. The van der Waals surface area contributed by atoms with Crippen LogP contribution in [0.3, 0.4) is 0 Å². The first-order valence-electron chi connectivity index (χ1n) is 6.95. The summed E-state index contributed by atoms with van der Waals surface area (Å²) in [5.41, 5.74) is 1.41. The zero-order valence-electron chi connectivity index (χ0n) is 11.7. The Labute approximate surface area is 137 Å². The van der Waals surface area contributed by atoms with Gasteiger partial charge in [0.25, 0.3) is 5.69 Å². The first-order chi connectivity index (χ1) is 9.25. The van der Waals surface area contributed by atoms with Gasteiger partial charge in [-0.25, -0.2) is 0 Å². The predicted molar refractivity (Wildman–Crippen MR) is 87.5 cm³/mol. The van der Waals surface area contributed by atoms with Gasteiger partial charge in [0, 0.05) is 44.4 Å². The average Bonchev–Trinajstić information content (AvgIpc) is 3.25. The third kappa shape index (κ3) is 4.30. The topological polar surface area (TPSA) is 58.4 Å². The highest BCUT2D eigenvalue weighted by molar-refractivity contribution is 5.85. The molecule has 3 rings (SSSR count). The van der Waals surface area contributed by atoms with Gasteiger partial charge in [-0.2, -0.15) is 0 Å². The Hall–Kier alpha value is -0.880. The van der Waals surface area contributed by atoms with Crippen LogP contribution in [0.1, 0.15) is 24.4 Å². The highest BCUT2D eigenvalue weighted by Gasteiger charge is 2.36. The molecule has 0 aromatic heterocycles. The van der Waals surface area contributed by atoms with Crippen LogP contribution in [0.4, 0.5) is 5.69 Å². The molecule has 0 bridgehead atoms. The van der Waals surface area contributed by atoms with Gasteiger partial charge < -0.3 is 5.32 Å². The van der Waals surface area contributed by atoms with Crippen LogP contribution >= 0.6 is 24.8 Å². The molecule has 2 aliphatic rings. The van der Waals surface area contributed by atoms with Crippen molar-refractivity contribution in [3.8, 4) is 0 Å². The van der Waals surface area contributed by atoms with Gasteiger partial charge >= 0.3 is 0 Å². The molecule has 7 heteroatoms. The summed E-state index contributed by atoms with van der Waals surface area (Å²) in [5.74, 6) is 0.736. The second-order valence-corrected chi connectivity index (χ2v) is 5.42. The van der Waals surface area contributed by atoms with Gasteiger partial charge in [-0.1, -0.05) is 12.1 Å². The molecule has 1 saturated heterocycles.